The Morgan fingerprint density at radius 2 is 2.11 bits per heavy atom. The molecule has 2 heterocycles. The predicted octanol–water partition coefficient (Wildman–Crippen LogP) is 3.32. The number of aliphatic hydroxyl groups is 1. The molecule has 0 saturated carbocycles. The highest BCUT2D eigenvalue weighted by molar-refractivity contribution is 5.49. The van der Waals surface area contributed by atoms with Crippen molar-refractivity contribution in [2.45, 2.75) is 40.2 Å². The Hall–Kier alpha value is -1.35. The maximum absolute atomic E-state index is 9.83. The molecule has 0 aromatic carbocycles. The number of hydrogen-bond acceptors (Lipinski definition) is 3. The summed E-state index contributed by atoms with van der Waals surface area (Å²) in [6.45, 7) is 10.4. The van der Waals surface area contributed by atoms with Crippen molar-refractivity contribution in [3.63, 3.8) is 0 Å². The number of nitrogens with zero attached hydrogens (tertiary/aromatic N) is 2. The molecular weight excluding hydrogens is 236 g/mol. The van der Waals surface area contributed by atoms with Gasteiger partial charge in [-0.2, -0.15) is 0 Å². The molecule has 1 atom stereocenters. The second kappa shape index (κ2) is 5.33. The monoisotopic (exact) mass is 260 g/mol. The van der Waals surface area contributed by atoms with Crippen molar-refractivity contribution in [1.29, 1.82) is 0 Å². The Kier molecular flexibility index (Phi) is 3.95. The first-order valence-electron chi connectivity index (χ1n) is 6.97. The van der Waals surface area contributed by atoms with Crippen LogP contribution in [-0.4, -0.2) is 23.2 Å². The van der Waals surface area contributed by atoms with Gasteiger partial charge in [-0.3, -0.25) is 0 Å². The molecule has 0 radical (unpaired) electrons. The molecule has 3 heteroatoms. The summed E-state index contributed by atoms with van der Waals surface area (Å²) in [5.41, 5.74) is 2.68. The molecule has 1 aliphatic rings. The molecule has 2 rings (SSSR count). The molecule has 0 fully saturated rings. The van der Waals surface area contributed by atoms with Crippen molar-refractivity contribution in [3.05, 3.63) is 35.5 Å². The van der Waals surface area contributed by atoms with Gasteiger partial charge in [0.25, 0.3) is 0 Å². The molecule has 1 aromatic heterocycles. The third-order valence-electron chi connectivity index (χ3n) is 3.74. The zero-order valence-corrected chi connectivity index (χ0v) is 12.3. The highest BCUT2D eigenvalue weighted by Gasteiger charge is 2.23. The molecule has 104 valence electrons. The summed E-state index contributed by atoms with van der Waals surface area (Å²) in [6.07, 6.45) is 4.70. The van der Waals surface area contributed by atoms with Gasteiger partial charge in [0, 0.05) is 24.8 Å². The summed E-state index contributed by atoms with van der Waals surface area (Å²) in [5.74, 6) is 0.918. The standard InChI is InChI=1S/C16H24N2O/c1-12(19)14-6-5-9-17-15(14)18-10-7-13(8-11-18)16(2,3)4/h5-7,9,12,19H,8,10-11H2,1-4H3/t12-/m0/s1. The SMILES string of the molecule is C[C@H](O)c1cccnc1N1CC=C(C(C)(C)C)CC1. The van der Waals surface area contributed by atoms with E-state index < -0.39 is 6.10 Å². The van der Waals surface area contributed by atoms with Crippen molar-refractivity contribution < 1.29 is 5.11 Å². The van der Waals surface area contributed by atoms with Crippen molar-refractivity contribution in [1.82, 2.24) is 4.98 Å². The van der Waals surface area contributed by atoms with Crippen molar-refractivity contribution >= 4 is 5.82 Å². The van der Waals surface area contributed by atoms with Gasteiger partial charge < -0.3 is 10.0 Å². The molecule has 1 N–H and O–H groups in total. The van der Waals surface area contributed by atoms with Crippen LogP contribution < -0.4 is 4.90 Å². The lowest BCUT2D eigenvalue weighted by Gasteiger charge is -2.33. The van der Waals surface area contributed by atoms with Crippen molar-refractivity contribution in [2.75, 3.05) is 18.0 Å². The summed E-state index contributed by atoms with van der Waals surface area (Å²) in [4.78, 5) is 6.69. The van der Waals surface area contributed by atoms with E-state index in [0.717, 1.165) is 30.9 Å². The normalized spacial score (nSPS) is 18.2. The molecule has 0 bridgehead atoms. The minimum Gasteiger partial charge on any atom is -0.389 e. The highest BCUT2D eigenvalue weighted by Crippen LogP contribution is 2.32. The Balaban J connectivity index is 2.21. The molecule has 3 nitrogen and oxygen atoms in total. The van der Waals surface area contributed by atoms with E-state index in [1.54, 1.807) is 13.1 Å². The van der Waals surface area contributed by atoms with Gasteiger partial charge in [-0.15, -0.1) is 0 Å². The second-order valence-electron chi connectivity index (χ2n) is 6.27. The number of hydrogen-bond donors (Lipinski definition) is 1. The van der Waals surface area contributed by atoms with Crippen LogP contribution in [0.25, 0.3) is 0 Å². The lowest BCUT2D eigenvalue weighted by atomic mass is 9.83. The highest BCUT2D eigenvalue weighted by atomic mass is 16.3. The number of anilines is 1. The summed E-state index contributed by atoms with van der Waals surface area (Å²) in [5, 5.41) is 9.83. The minimum absolute atomic E-state index is 0.253. The summed E-state index contributed by atoms with van der Waals surface area (Å²) < 4.78 is 0. The zero-order valence-electron chi connectivity index (χ0n) is 12.3. The third kappa shape index (κ3) is 3.16. The van der Waals surface area contributed by atoms with Crippen LogP contribution in [0.2, 0.25) is 0 Å². The Morgan fingerprint density at radius 1 is 1.37 bits per heavy atom. The van der Waals surface area contributed by atoms with Crippen LogP contribution in [0.4, 0.5) is 5.82 Å². The first kappa shape index (κ1) is 14.1. The third-order valence-corrected chi connectivity index (χ3v) is 3.74. The van der Waals surface area contributed by atoms with E-state index in [1.165, 1.54) is 5.57 Å². The van der Waals surface area contributed by atoms with Gasteiger partial charge in [-0.25, -0.2) is 4.98 Å². The van der Waals surface area contributed by atoms with Gasteiger partial charge >= 0.3 is 0 Å². The quantitative estimate of drug-likeness (QED) is 0.829. The molecule has 0 amide bonds. The lowest BCUT2D eigenvalue weighted by molar-refractivity contribution is 0.199. The van der Waals surface area contributed by atoms with Gasteiger partial charge in [0.15, 0.2) is 0 Å². The van der Waals surface area contributed by atoms with E-state index in [4.69, 9.17) is 0 Å². The van der Waals surface area contributed by atoms with Crippen LogP contribution in [0.5, 0.6) is 0 Å². The zero-order chi connectivity index (χ0) is 14.0. The number of aromatic nitrogens is 1. The van der Waals surface area contributed by atoms with Gasteiger partial charge in [0.2, 0.25) is 0 Å². The molecule has 0 saturated heterocycles. The Labute approximate surface area is 116 Å². The maximum Gasteiger partial charge on any atom is 0.134 e. The van der Waals surface area contributed by atoms with E-state index in [-0.39, 0.29) is 5.41 Å². The van der Waals surface area contributed by atoms with E-state index in [2.05, 4.69) is 36.7 Å². The Bertz CT molecular complexity index is 472. The number of aliphatic hydroxyl groups excluding tert-OH is 1. The number of pyridine rings is 1. The first-order valence-corrected chi connectivity index (χ1v) is 6.97. The van der Waals surface area contributed by atoms with Gasteiger partial charge in [0.05, 0.1) is 6.10 Å². The van der Waals surface area contributed by atoms with Gasteiger partial charge in [-0.1, -0.05) is 38.5 Å². The van der Waals surface area contributed by atoms with Gasteiger partial charge in [0.1, 0.15) is 5.82 Å². The molecule has 0 unspecified atom stereocenters. The summed E-state index contributed by atoms with van der Waals surface area (Å²) in [6, 6.07) is 3.84. The van der Waals surface area contributed by atoms with E-state index in [9.17, 15) is 5.11 Å². The molecule has 0 spiro atoms. The van der Waals surface area contributed by atoms with Crippen molar-refractivity contribution in [3.8, 4) is 0 Å². The maximum atomic E-state index is 9.83. The average molecular weight is 260 g/mol. The fourth-order valence-corrected chi connectivity index (χ4v) is 2.54. The van der Waals surface area contributed by atoms with Crippen LogP contribution in [-0.2, 0) is 0 Å². The fraction of sp³-hybridized carbons (Fsp3) is 0.562. The van der Waals surface area contributed by atoms with Crippen LogP contribution >= 0.6 is 0 Å². The molecule has 19 heavy (non-hydrogen) atoms. The van der Waals surface area contributed by atoms with E-state index >= 15 is 0 Å². The molecule has 1 aliphatic heterocycles. The van der Waals surface area contributed by atoms with Crippen molar-refractivity contribution in [2.24, 2.45) is 5.41 Å². The predicted molar refractivity (Wildman–Crippen MR) is 79.2 cm³/mol. The first-order chi connectivity index (χ1) is 8.89. The second-order valence-corrected chi connectivity index (χ2v) is 6.27. The molecule has 1 aromatic rings. The van der Waals surface area contributed by atoms with Gasteiger partial charge in [-0.05, 0) is 24.8 Å². The van der Waals surface area contributed by atoms with Crippen LogP contribution in [0.3, 0.4) is 0 Å². The van der Waals surface area contributed by atoms with Crippen LogP contribution in [0.1, 0.15) is 45.8 Å². The molecular formula is C16H24N2O. The Morgan fingerprint density at radius 3 is 2.63 bits per heavy atom. The molecule has 0 aliphatic carbocycles. The lowest BCUT2D eigenvalue weighted by Crippen LogP contribution is -2.32. The minimum atomic E-state index is -0.475. The fourth-order valence-electron chi connectivity index (χ4n) is 2.54. The summed E-state index contributed by atoms with van der Waals surface area (Å²) >= 11 is 0. The van der Waals surface area contributed by atoms with Crippen LogP contribution in [0.15, 0.2) is 30.0 Å². The largest absolute Gasteiger partial charge is 0.389 e. The number of rotatable bonds is 2. The average Bonchev–Trinajstić information content (AvgIpc) is 2.38. The van der Waals surface area contributed by atoms with E-state index in [0.29, 0.717) is 0 Å². The van der Waals surface area contributed by atoms with E-state index in [1.807, 2.05) is 12.1 Å². The summed E-state index contributed by atoms with van der Waals surface area (Å²) in [7, 11) is 0. The topological polar surface area (TPSA) is 36.4 Å². The van der Waals surface area contributed by atoms with Crippen LogP contribution in [0, 0.1) is 5.41 Å². The smallest absolute Gasteiger partial charge is 0.134 e.